The SMILES string of the molecule is C=C1c2c(C)c(=O)c(C(=O)NCc3c(F)cc(F)cc3F)cn2[C@@H]2CN1[C@@H](C)CC[C@]21COCO1. The summed E-state index contributed by atoms with van der Waals surface area (Å²) in [5.74, 6) is -4.09. The molecule has 35 heavy (non-hydrogen) atoms. The van der Waals surface area contributed by atoms with Crippen molar-refractivity contribution in [2.45, 2.75) is 50.9 Å². The summed E-state index contributed by atoms with van der Waals surface area (Å²) < 4.78 is 54.8. The Morgan fingerprint density at radius 3 is 2.66 bits per heavy atom. The zero-order chi connectivity index (χ0) is 25.1. The van der Waals surface area contributed by atoms with Crippen LogP contribution in [0.5, 0.6) is 0 Å². The molecule has 0 radical (unpaired) electrons. The first-order valence-electron chi connectivity index (χ1n) is 11.5. The first-order chi connectivity index (χ1) is 16.6. The Labute approximate surface area is 200 Å². The fraction of sp³-hybridized carbons (Fsp3) is 0.440. The zero-order valence-corrected chi connectivity index (χ0v) is 19.5. The van der Waals surface area contributed by atoms with Gasteiger partial charge in [-0.3, -0.25) is 9.59 Å². The lowest BCUT2D eigenvalue weighted by molar-refractivity contribution is -0.0459. The summed E-state index contributed by atoms with van der Waals surface area (Å²) in [6, 6.07) is 1.01. The molecule has 0 aliphatic carbocycles. The molecule has 3 atom stereocenters. The number of carbonyl (C=O) groups is 1. The number of rotatable bonds is 3. The standard InChI is InChI=1S/C25H26F3N3O4/c1-13-4-5-25(11-34-12-35-25)21-10-30(13)15(3)22-14(2)23(32)18(9-31(21)22)24(33)29-8-17-19(27)6-16(26)7-20(17)28/h6-7,9,13,21H,3-5,8,10-12H2,1-2H3,(H,29,33)/t13-,21+,25-/m0/s1. The van der Waals surface area contributed by atoms with Crippen molar-refractivity contribution in [2.24, 2.45) is 0 Å². The number of nitrogens with one attached hydrogen (secondary N) is 1. The second kappa shape index (κ2) is 8.53. The highest BCUT2D eigenvalue weighted by molar-refractivity contribution is 5.94. The van der Waals surface area contributed by atoms with Crippen LogP contribution < -0.4 is 10.7 Å². The molecule has 0 unspecified atom stereocenters. The monoisotopic (exact) mass is 489 g/mol. The molecule has 10 heteroatoms. The van der Waals surface area contributed by atoms with Gasteiger partial charge in [0.15, 0.2) is 5.43 Å². The van der Waals surface area contributed by atoms with Crippen molar-refractivity contribution < 1.29 is 27.4 Å². The van der Waals surface area contributed by atoms with Gasteiger partial charge in [0.05, 0.1) is 24.0 Å². The molecule has 1 N–H and O–H groups in total. The summed E-state index contributed by atoms with van der Waals surface area (Å²) in [5.41, 5.74) is -0.106. The van der Waals surface area contributed by atoms with E-state index in [-0.39, 0.29) is 24.4 Å². The largest absolute Gasteiger partial charge is 0.365 e. The lowest BCUT2D eigenvalue weighted by Gasteiger charge is -2.44. The molecule has 3 aliphatic rings. The minimum absolute atomic E-state index is 0.165. The number of hydrogen-bond donors (Lipinski definition) is 1. The van der Waals surface area contributed by atoms with Crippen LogP contribution in [0, 0.1) is 24.4 Å². The number of amides is 1. The second-order valence-electron chi connectivity index (χ2n) is 9.46. The number of carbonyl (C=O) groups excluding carboxylic acids is 1. The Morgan fingerprint density at radius 1 is 1.29 bits per heavy atom. The van der Waals surface area contributed by atoms with Crippen molar-refractivity contribution in [1.29, 1.82) is 0 Å². The number of hydrogen-bond acceptors (Lipinski definition) is 5. The highest BCUT2D eigenvalue weighted by atomic mass is 19.1. The van der Waals surface area contributed by atoms with Gasteiger partial charge in [-0.25, -0.2) is 13.2 Å². The van der Waals surface area contributed by atoms with Crippen molar-refractivity contribution in [2.75, 3.05) is 19.9 Å². The molecule has 1 aromatic heterocycles. The van der Waals surface area contributed by atoms with Crippen molar-refractivity contribution in [3.05, 3.63) is 75.0 Å². The van der Waals surface area contributed by atoms with Gasteiger partial charge < -0.3 is 24.3 Å². The summed E-state index contributed by atoms with van der Waals surface area (Å²) in [6.07, 6.45) is 3.06. The van der Waals surface area contributed by atoms with Crippen LogP contribution in [0.4, 0.5) is 13.2 Å². The Balaban J connectivity index is 1.54. The van der Waals surface area contributed by atoms with Crippen LogP contribution in [0.3, 0.4) is 0 Å². The molecule has 4 heterocycles. The van der Waals surface area contributed by atoms with Gasteiger partial charge in [-0.1, -0.05) is 6.58 Å². The van der Waals surface area contributed by atoms with Crippen molar-refractivity contribution in [1.82, 2.24) is 14.8 Å². The normalized spacial score (nSPS) is 25.5. The number of pyridine rings is 1. The summed E-state index contributed by atoms with van der Waals surface area (Å²) in [7, 11) is 0. The summed E-state index contributed by atoms with van der Waals surface area (Å²) in [6.45, 7) is 8.58. The molecule has 2 bridgehead atoms. The van der Waals surface area contributed by atoms with Crippen LogP contribution in [0.25, 0.3) is 5.70 Å². The van der Waals surface area contributed by atoms with E-state index in [2.05, 4.69) is 23.7 Å². The van der Waals surface area contributed by atoms with Crippen LogP contribution >= 0.6 is 0 Å². The fourth-order valence-electron chi connectivity index (χ4n) is 5.46. The average Bonchev–Trinajstić information content (AvgIpc) is 3.24. The first-order valence-corrected chi connectivity index (χ1v) is 11.5. The van der Waals surface area contributed by atoms with Gasteiger partial charge in [0, 0.05) is 48.6 Å². The summed E-state index contributed by atoms with van der Waals surface area (Å²) >= 11 is 0. The van der Waals surface area contributed by atoms with E-state index in [0.29, 0.717) is 42.2 Å². The molecule has 2 fully saturated rings. The number of nitrogens with zero attached hydrogens (tertiary/aromatic N) is 2. The van der Waals surface area contributed by atoms with E-state index in [4.69, 9.17) is 9.47 Å². The first kappa shape index (κ1) is 23.6. The molecular formula is C25H26F3N3O4. The molecule has 3 aliphatic heterocycles. The van der Waals surface area contributed by atoms with Crippen molar-refractivity contribution >= 4 is 11.6 Å². The van der Waals surface area contributed by atoms with E-state index in [1.807, 2.05) is 4.57 Å². The molecule has 7 nitrogen and oxygen atoms in total. The van der Waals surface area contributed by atoms with Gasteiger partial charge in [0.25, 0.3) is 5.91 Å². The van der Waals surface area contributed by atoms with Crippen LogP contribution in [0.1, 0.15) is 53.0 Å². The Bertz CT molecular complexity index is 1260. The predicted molar refractivity (Wildman–Crippen MR) is 121 cm³/mol. The molecule has 2 aromatic rings. The Morgan fingerprint density at radius 2 is 2.00 bits per heavy atom. The van der Waals surface area contributed by atoms with Crippen LogP contribution in [0.15, 0.2) is 29.7 Å². The van der Waals surface area contributed by atoms with Gasteiger partial charge in [0.1, 0.15) is 35.4 Å². The lowest BCUT2D eigenvalue weighted by atomic mass is 9.88. The molecular weight excluding hydrogens is 463 g/mol. The third kappa shape index (κ3) is 3.75. The smallest absolute Gasteiger partial charge is 0.257 e. The third-order valence-electron chi connectivity index (χ3n) is 7.47. The maximum atomic E-state index is 14.0. The van der Waals surface area contributed by atoms with Gasteiger partial charge >= 0.3 is 0 Å². The van der Waals surface area contributed by atoms with E-state index < -0.39 is 46.5 Å². The molecule has 1 amide bonds. The number of ether oxygens (including phenoxy) is 2. The van der Waals surface area contributed by atoms with Crippen LogP contribution in [0.2, 0.25) is 0 Å². The van der Waals surface area contributed by atoms with Crippen molar-refractivity contribution in [3.63, 3.8) is 0 Å². The van der Waals surface area contributed by atoms with Crippen LogP contribution in [-0.4, -0.2) is 47.0 Å². The molecule has 2 saturated heterocycles. The van der Waals surface area contributed by atoms with Gasteiger partial charge in [0.2, 0.25) is 0 Å². The highest BCUT2D eigenvalue weighted by Gasteiger charge is 2.51. The van der Waals surface area contributed by atoms with Crippen molar-refractivity contribution in [3.8, 4) is 0 Å². The van der Waals surface area contributed by atoms with Gasteiger partial charge in [-0.2, -0.15) is 0 Å². The topological polar surface area (TPSA) is 72.8 Å². The predicted octanol–water partition coefficient (Wildman–Crippen LogP) is 3.26. The van der Waals surface area contributed by atoms with E-state index >= 15 is 0 Å². The highest BCUT2D eigenvalue weighted by Crippen LogP contribution is 2.45. The van der Waals surface area contributed by atoms with E-state index in [1.54, 1.807) is 6.92 Å². The summed E-state index contributed by atoms with van der Waals surface area (Å²) in [4.78, 5) is 28.4. The zero-order valence-electron chi connectivity index (χ0n) is 19.5. The average molecular weight is 489 g/mol. The second-order valence-corrected chi connectivity index (χ2v) is 9.46. The number of aromatic nitrogens is 1. The minimum atomic E-state index is -1.12. The lowest BCUT2D eigenvalue weighted by Crippen LogP contribution is -2.50. The van der Waals surface area contributed by atoms with E-state index in [1.165, 1.54) is 6.20 Å². The van der Waals surface area contributed by atoms with Crippen LogP contribution in [-0.2, 0) is 16.0 Å². The molecule has 1 aromatic carbocycles. The molecule has 5 rings (SSSR count). The number of fused-ring (bicyclic) bond motifs is 5. The summed E-state index contributed by atoms with van der Waals surface area (Å²) in [5, 5.41) is 2.39. The number of benzene rings is 1. The Hall–Kier alpha value is -3.11. The molecule has 0 saturated carbocycles. The molecule has 186 valence electrons. The van der Waals surface area contributed by atoms with E-state index in [0.717, 1.165) is 12.8 Å². The van der Waals surface area contributed by atoms with Gasteiger partial charge in [-0.15, -0.1) is 0 Å². The van der Waals surface area contributed by atoms with Gasteiger partial charge in [-0.05, 0) is 26.7 Å². The fourth-order valence-corrected chi connectivity index (χ4v) is 5.46. The quantitative estimate of drug-likeness (QED) is 0.717. The number of halogens is 3. The minimum Gasteiger partial charge on any atom is -0.365 e. The maximum Gasteiger partial charge on any atom is 0.257 e. The van der Waals surface area contributed by atoms with E-state index in [9.17, 15) is 22.8 Å². The maximum absolute atomic E-state index is 14.0. The third-order valence-corrected chi connectivity index (χ3v) is 7.47. The molecule has 1 spiro atoms. The Kier molecular flexibility index (Phi) is 5.76.